The van der Waals surface area contributed by atoms with Gasteiger partial charge in [0.25, 0.3) is 0 Å². The van der Waals surface area contributed by atoms with Gasteiger partial charge in [-0.2, -0.15) is 0 Å². The van der Waals surface area contributed by atoms with Crippen LogP contribution in [-0.4, -0.2) is 6.04 Å². The van der Waals surface area contributed by atoms with E-state index in [2.05, 4.69) is 45.5 Å². The lowest BCUT2D eigenvalue weighted by Crippen LogP contribution is -2.34. The summed E-state index contributed by atoms with van der Waals surface area (Å²) < 4.78 is 14.6. The fourth-order valence-corrected chi connectivity index (χ4v) is 3.12. The molecule has 3 heteroatoms. The van der Waals surface area contributed by atoms with Crippen molar-refractivity contribution in [3.63, 3.8) is 0 Å². The van der Waals surface area contributed by atoms with Gasteiger partial charge in [0.2, 0.25) is 0 Å². The zero-order chi connectivity index (χ0) is 13.9. The van der Waals surface area contributed by atoms with Gasteiger partial charge in [-0.25, -0.2) is 4.39 Å². The summed E-state index contributed by atoms with van der Waals surface area (Å²) >= 11 is 3.28. The van der Waals surface area contributed by atoms with E-state index in [1.165, 1.54) is 17.2 Å². The van der Waals surface area contributed by atoms with Crippen molar-refractivity contribution in [2.24, 2.45) is 0 Å². The van der Waals surface area contributed by atoms with Crippen LogP contribution in [0.1, 0.15) is 23.1 Å². The third-order valence-electron chi connectivity index (χ3n) is 3.94. The molecule has 3 rings (SSSR count). The first-order valence-electron chi connectivity index (χ1n) is 6.96. The molecule has 0 saturated heterocycles. The third-order valence-corrected chi connectivity index (χ3v) is 4.44. The van der Waals surface area contributed by atoms with Crippen LogP contribution in [0.5, 0.6) is 0 Å². The standard InChI is InChI=1S/C17H17BrFN/c18-15-7-5-14(17(19)10-15)11-20-16-8-6-12-3-1-2-4-13(12)9-16/h1-5,7,10,16,20H,6,8-9,11H2. The van der Waals surface area contributed by atoms with Crippen LogP contribution >= 0.6 is 15.9 Å². The Hall–Kier alpha value is -1.19. The number of aryl methyl sites for hydroxylation is 1. The summed E-state index contributed by atoms with van der Waals surface area (Å²) in [7, 11) is 0. The Kier molecular flexibility index (Phi) is 4.18. The van der Waals surface area contributed by atoms with Gasteiger partial charge in [0, 0.05) is 22.6 Å². The van der Waals surface area contributed by atoms with Crippen molar-refractivity contribution in [3.8, 4) is 0 Å². The van der Waals surface area contributed by atoms with Crippen LogP contribution in [0.3, 0.4) is 0 Å². The quantitative estimate of drug-likeness (QED) is 0.886. The molecule has 1 N–H and O–H groups in total. The number of hydrogen-bond acceptors (Lipinski definition) is 1. The maximum absolute atomic E-state index is 13.8. The van der Waals surface area contributed by atoms with Crippen LogP contribution in [-0.2, 0) is 19.4 Å². The van der Waals surface area contributed by atoms with E-state index in [1.807, 2.05) is 12.1 Å². The summed E-state index contributed by atoms with van der Waals surface area (Å²) in [6, 6.07) is 14.3. The number of hydrogen-bond donors (Lipinski definition) is 1. The fraction of sp³-hybridized carbons (Fsp3) is 0.294. The van der Waals surface area contributed by atoms with Crippen molar-refractivity contribution in [1.29, 1.82) is 0 Å². The first-order valence-corrected chi connectivity index (χ1v) is 7.76. The van der Waals surface area contributed by atoms with E-state index in [0.29, 0.717) is 12.6 Å². The number of nitrogens with one attached hydrogen (secondary N) is 1. The van der Waals surface area contributed by atoms with Crippen LogP contribution in [0, 0.1) is 5.82 Å². The summed E-state index contributed by atoms with van der Waals surface area (Å²) in [6.45, 7) is 0.589. The Morgan fingerprint density at radius 3 is 2.75 bits per heavy atom. The molecule has 0 spiro atoms. The Balaban J connectivity index is 1.63. The molecule has 0 saturated carbocycles. The summed E-state index contributed by atoms with van der Waals surface area (Å²) in [5.41, 5.74) is 3.61. The molecule has 20 heavy (non-hydrogen) atoms. The van der Waals surface area contributed by atoms with Gasteiger partial charge in [-0.15, -0.1) is 0 Å². The van der Waals surface area contributed by atoms with Gasteiger partial charge in [-0.3, -0.25) is 0 Å². The SMILES string of the molecule is Fc1cc(Br)ccc1CNC1CCc2ccccc2C1. The predicted octanol–water partition coefficient (Wildman–Crippen LogP) is 4.24. The molecule has 0 aromatic heterocycles. The van der Waals surface area contributed by atoms with E-state index < -0.39 is 0 Å². The average molecular weight is 334 g/mol. The number of fused-ring (bicyclic) bond motifs is 1. The van der Waals surface area contributed by atoms with E-state index in [4.69, 9.17) is 0 Å². The van der Waals surface area contributed by atoms with Crippen LogP contribution in [0.2, 0.25) is 0 Å². The molecule has 0 amide bonds. The van der Waals surface area contributed by atoms with Crippen molar-refractivity contribution in [2.45, 2.75) is 31.8 Å². The molecule has 0 radical (unpaired) electrons. The van der Waals surface area contributed by atoms with Gasteiger partial charge >= 0.3 is 0 Å². The Labute approximate surface area is 127 Å². The second-order valence-electron chi connectivity index (χ2n) is 5.33. The highest BCUT2D eigenvalue weighted by Crippen LogP contribution is 2.22. The molecule has 1 aliphatic carbocycles. The van der Waals surface area contributed by atoms with Gasteiger partial charge in [-0.1, -0.05) is 46.3 Å². The van der Waals surface area contributed by atoms with E-state index in [0.717, 1.165) is 29.3 Å². The molecule has 2 aromatic rings. The zero-order valence-corrected chi connectivity index (χ0v) is 12.8. The number of halogens is 2. The van der Waals surface area contributed by atoms with E-state index >= 15 is 0 Å². The summed E-state index contributed by atoms with van der Waals surface area (Å²) in [6.07, 6.45) is 3.26. The molecule has 0 aliphatic heterocycles. The van der Waals surface area contributed by atoms with Crippen molar-refractivity contribution in [3.05, 3.63) is 69.4 Å². The lowest BCUT2D eigenvalue weighted by Gasteiger charge is -2.25. The number of benzene rings is 2. The summed E-state index contributed by atoms with van der Waals surface area (Å²) in [5.74, 6) is -0.150. The maximum Gasteiger partial charge on any atom is 0.128 e. The molecule has 104 valence electrons. The predicted molar refractivity (Wildman–Crippen MR) is 83.2 cm³/mol. The lowest BCUT2D eigenvalue weighted by atomic mass is 9.88. The molecule has 0 fully saturated rings. The number of rotatable bonds is 3. The van der Waals surface area contributed by atoms with Crippen molar-refractivity contribution in [2.75, 3.05) is 0 Å². The van der Waals surface area contributed by atoms with Gasteiger partial charge in [0.1, 0.15) is 5.82 Å². The molecule has 0 heterocycles. The molecule has 1 unspecified atom stereocenters. The lowest BCUT2D eigenvalue weighted by molar-refractivity contribution is 0.451. The van der Waals surface area contributed by atoms with Crippen molar-refractivity contribution < 1.29 is 4.39 Å². The largest absolute Gasteiger partial charge is 0.309 e. The topological polar surface area (TPSA) is 12.0 Å². The second kappa shape index (κ2) is 6.06. The van der Waals surface area contributed by atoms with Crippen LogP contribution in [0.15, 0.2) is 46.9 Å². The summed E-state index contributed by atoms with van der Waals surface area (Å²) in [5, 5.41) is 3.48. The third kappa shape index (κ3) is 3.10. The molecule has 1 nitrogen and oxygen atoms in total. The smallest absolute Gasteiger partial charge is 0.128 e. The Bertz CT molecular complexity index is 612. The highest BCUT2D eigenvalue weighted by atomic mass is 79.9. The van der Waals surface area contributed by atoms with Crippen LogP contribution < -0.4 is 5.32 Å². The highest BCUT2D eigenvalue weighted by molar-refractivity contribution is 9.10. The van der Waals surface area contributed by atoms with Crippen molar-refractivity contribution >= 4 is 15.9 Å². The van der Waals surface area contributed by atoms with Crippen LogP contribution in [0.4, 0.5) is 4.39 Å². The molecular weight excluding hydrogens is 317 g/mol. The van der Waals surface area contributed by atoms with Gasteiger partial charge in [-0.05, 0) is 42.5 Å². The van der Waals surface area contributed by atoms with E-state index in [-0.39, 0.29) is 5.82 Å². The monoisotopic (exact) mass is 333 g/mol. The van der Waals surface area contributed by atoms with Gasteiger partial charge in [0.15, 0.2) is 0 Å². The van der Waals surface area contributed by atoms with Crippen LogP contribution in [0.25, 0.3) is 0 Å². The summed E-state index contributed by atoms with van der Waals surface area (Å²) in [4.78, 5) is 0. The van der Waals surface area contributed by atoms with E-state index in [9.17, 15) is 4.39 Å². The van der Waals surface area contributed by atoms with E-state index in [1.54, 1.807) is 0 Å². The second-order valence-corrected chi connectivity index (χ2v) is 6.24. The normalized spacial score (nSPS) is 17.8. The minimum absolute atomic E-state index is 0.150. The molecule has 1 aliphatic rings. The molecule has 0 bridgehead atoms. The molecule has 1 atom stereocenters. The average Bonchev–Trinajstić information content (AvgIpc) is 2.46. The van der Waals surface area contributed by atoms with Crippen molar-refractivity contribution in [1.82, 2.24) is 5.32 Å². The minimum Gasteiger partial charge on any atom is -0.309 e. The maximum atomic E-state index is 13.8. The van der Waals surface area contributed by atoms with Gasteiger partial charge < -0.3 is 5.32 Å². The fourth-order valence-electron chi connectivity index (χ4n) is 2.79. The zero-order valence-electron chi connectivity index (χ0n) is 11.2. The molecular formula is C17H17BrFN. The first-order chi connectivity index (χ1) is 9.72. The Morgan fingerprint density at radius 1 is 1.15 bits per heavy atom. The highest BCUT2D eigenvalue weighted by Gasteiger charge is 2.17. The Morgan fingerprint density at radius 2 is 1.95 bits per heavy atom. The minimum atomic E-state index is -0.150. The molecule has 2 aromatic carbocycles. The van der Waals surface area contributed by atoms with Gasteiger partial charge in [0.05, 0.1) is 0 Å². The first kappa shape index (κ1) is 13.8.